The third-order valence-electron chi connectivity index (χ3n) is 5.29. The number of benzene rings is 1. The second kappa shape index (κ2) is 11.2. The first kappa shape index (κ1) is 20.7. The van der Waals surface area contributed by atoms with Gasteiger partial charge in [0.15, 0.2) is 5.96 Å². The van der Waals surface area contributed by atoms with Gasteiger partial charge in [0.2, 0.25) is 0 Å². The summed E-state index contributed by atoms with van der Waals surface area (Å²) in [7, 11) is 3.55. The second-order valence-corrected chi connectivity index (χ2v) is 7.18. The Labute approximate surface area is 158 Å². The molecule has 5 heteroatoms. The number of rotatable bonds is 10. The van der Waals surface area contributed by atoms with Crippen LogP contribution in [0.1, 0.15) is 50.2 Å². The molecule has 1 aliphatic carbocycles. The third-order valence-corrected chi connectivity index (χ3v) is 5.29. The minimum Gasteiger partial charge on any atom is -0.382 e. The summed E-state index contributed by atoms with van der Waals surface area (Å²) in [6.07, 6.45) is 6.35. The Morgan fingerprint density at radius 2 is 1.81 bits per heavy atom. The van der Waals surface area contributed by atoms with E-state index in [1.165, 1.54) is 36.8 Å². The molecule has 2 N–H and O–H groups in total. The van der Waals surface area contributed by atoms with Gasteiger partial charge in [-0.3, -0.25) is 4.99 Å². The molecule has 0 aliphatic heterocycles. The second-order valence-electron chi connectivity index (χ2n) is 7.18. The zero-order valence-electron chi connectivity index (χ0n) is 16.6. The zero-order valence-corrected chi connectivity index (χ0v) is 16.6. The number of nitrogens with zero attached hydrogens (tertiary/aromatic N) is 1. The minimum absolute atomic E-state index is 0.356. The monoisotopic (exact) mass is 361 g/mol. The van der Waals surface area contributed by atoms with Crippen LogP contribution in [0.4, 0.5) is 0 Å². The van der Waals surface area contributed by atoms with Gasteiger partial charge in [-0.1, -0.05) is 37.1 Å². The lowest BCUT2D eigenvalue weighted by atomic mass is 9.83. The average Bonchev–Trinajstić information content (AvgIpc) is 3.13. The Morgan fingerprint density at radius 1 is 1.12 bits per heavy atom. The van der Waals surface area contributed by atoms with E-state index in [4.69, 9.17) is 9.47 Å². The SMILES string of the molecule is CCOCCC1(CNC(=NC)NCc2ccc(COC)cc2)CCCC1. The van der Waals surface area contributed by atoms with Crippen molar-refractivity contribution in [3.8, 4) is 0 Å². The van der Waals surface area contributed by atoms with Crippen LogP contribution >= 0.6 is 0 Å². The minimum atomic E-state index is 0.356. The number of aliphatic imine (C=N–C) groups is 1. The van der Waals surface area contributed by atoms with Gasteiger partial charge in [-0.05, 0) is 42.7 Å². The molecule has 0 heterocycles. The molecular formula is C21H35N3O2. The van der Waals surface area contributed by atoms with Gasteiger partial charge in [-0.25, -0.2) is 0 Å². The normalized spacial score (nSPS) is 16.7. The third kappa shape index (κ3) is 6.61. The van der Waals surface area contributed by atoms with Crippen molar-refractivity contribution in [1.82, 2.24) is 10.6 Å². The number of nitrogens with one attached hydrogen (secondary N) is 2. The fourth-order valence-electron chi connectivity index (χ4n) is 3.67. The van der Waals surface area contributed by atoms with Crippen molar-refractivity contribution in [2.45, 2.75) is 52.2 Å². The zero-order chi connectivity index (χ0) is 18.7. The highest BCUT2D eigenvalue weighted by Gasteiger charge is 2.33. The van der Waals surface area contributed by atoms with E-state index in [9.17, 15) is 0 Å². The maximum atomic E-state index is 5.60. The molecule has 0 spiro atoms. The van der Waals surface area contributed by atoms with Gasteiger partial charge in [-0.2, -0.15) is 0 Å². The number of guanidine groups is 1. The predicted octanol–water partition coefficient (Wildman–Crippen LogP) is 3.49. The van der Waals surface area contributed by atoms with Crippen LogP contribution in [-0.2, 0) is 22.6 Å². The molecule has 1 saturated carbocycles. The van der Waals surface area contributed by atoms with Crippen LogP contribution in [0.2, 0.25) is 0 Å². The van der Waals surface area contributed by atoms with Gasteiger partial charge in [0, 0.05) is 40.5 Å². The highest BCUT2D eigenvalue weighted by atomic mass is 16.5. The number of methoxy groups -OCH3 is 1. The van der Waals surface area contributed by atoms with E-state index in [1.54, 1.807) is 7.11 Å². The van der Waals surface area contributed by atoms with Gasteiger partial charge in [-0.15, -0.1) is 0 Å². The molecule has 5 nitrogen and oxygen atoms in total. The van der Waals surface area contributed by atoms with Crippen LogP contribution in [0.3, 0.4) is 0 Å². The lowest BCUT2D eigenvalue weighted by Crippen LogP contribution is -2.43. The molecule has 0 amide bonds. The average molecular weight is 362 g/mol. The van der Waals surface area contributed by atoms with Crippen molar-refractivity contribution in [3.63, 3.8) is 0 Å². The molecule has 0 bridgehead atoms. The van der Waals surface area contributed by atoms with Crippen LogP contribution in [0.25, 0.3) is 0 Å². The Hall–Kier alpha value is -1.59. The van der Waals surface area contributed by atoms with Crippen molar-refractivity contribution in [3.05, 3.63) is 35.4 Å². The molecule has 0 unspecified atom stereocenters. The number of hydrogen-bond donors (Lipinski definition) is 2. The van der Waals surface area contributed by atoms with Crippen molar-refractivity contribution >= 4 is 5.96 Å². The van der Waals surface area contributed by atoms with E-state index in [1.807, 2.05) is 7.05 Å². The Morgan fingerprint density at radius 3 is 2.42 bits per heavy atom. The van der Waals surface area contributed by atoms with Gasteiger partial charge in [0.05, 0.1) is 6.61 Å². The quantitative estimate of drug-likeness (QED) is 0.381. The molecule has 0 radical (unpaired) electrons. The van der Waals surface area contributed by atoms with Crippen LogP contribution in [0, 0.1) is 5.41 Å². The van der Waals surface area contributed by atoms with E-state index in [0.29, 0.717) is 12.0 Å². The maximum absolute atomic E-state index is 5.60. The van der Waals surface area contributed by atoms with Crippen molar-refractivity contribution in [2.75, 3.05) is 33.9 Å². The van der Waals surface area contributed by atoms with Crippen molar-refractivity contribution in [2.24, 2.45) is 10.4 Å². The molecule has 1 aromatic rings. The van der Waals surface area contributed by atoms with E-state index in [0.717, 1.165) is 38.7 Å². The van der Waals surface area contributed by atoms with Crippen molar-refractivity contribution < 1.29 is 9.47 Å². The number of hydrogen-bond acceptors (Lipinski definition) is 3. The first-order chi connectivity index (χ1) is 12.7. The molecule has 1 aromatic carbocycles. The van der Waals surface area contributed by atoms with Crippen LogP contribution < -0.4 is 10.6 Å². The highest BCUT2D eigenvalue weighted by molar-refractivity contribution is 5.79. The molecule has 2 rings (SSSR count). The molecule has 0 saturated heterocycles. The smallest absolute Gasteiger partial charge is 0.191 e. The van der Waals surface area contributed by atoms with E-state index in [2.05, 4.69) is 46.8 Å². The lowest BCUT2D eigenvalue weighted by molar-refractivity contribution is 0.105. The number of ether oxygens (including phenoxy) is 2. The summed E-state index contributed by atoms with van der Waals surface area (Å²) in [5, 5.41) is 6.97. The summed E-state index contributed by atoms with van der Waals surface area (Å²) in [6, 6.07) is 8.49. The standard InChI is InChI=1S/C21H35N3O2/c1-4-26-14-13-21(11-5-6-12-21)17-24-20(22-2)23-15-18-7-9-19(10-8-18)16-25-3/h7-10H,4-6,11-17H2,1-3H3,(H2,22,23,24). The Balaban J connectivity index is 1.80. The predicted molar refractivity (Wildman–Crippen MR) is 107 cm³/mol. The fourth-order valence-corrected chi connectivity index (χ4v) is 3.67. The molecule has 146 valence electrons. The van der Waals surface area contributed by atoms with Crippen molar-refractivity contribution in [1.29, 1.82) is 0 Å². The Bertz CT molecular complexity index is 537. The first-order valence-corrected chi connectivity index (χ1v) is 9.80. The molecular weight excluding hydrogens is 326 g/mol. The fraction of sp³-hybridized carbons (Fsp3) is 0.667. The maximum Gasteiger partial charge on any atom is 0.191 e. The van der Waals surface area contributed by atoms with Gasteiger partial charge < -0.3 is 20.1 Å². The summed E-state index contributed by atoms with van der Waals surface area (Å²) < 4.78 is 10.8. The van der Waals surface area contributed by atoms with E-state index < -0.39 is 0 Å². The van der Waals surface area contributed by atoms with Crippen LogP contribution in [0.5, 0.6) is 0 Å². The first-order valence-electron chi connectivity index (χ1n) is 9.80. The summed E-state index contributed by atoms with van der Waals surface area (Å²) in [5.41, 5.74) is 2.78. The molecule has 1 aliphatic rings. The Kier molecular flexibility index (Phi) is 8.92. The van der Waals surface area contributed by atoms with E-state index in [-0.39, 0.29) is 0 Å². The van der Waals surface area contributed by atoms with Crippen LogP contribution in [0.15, 0.2) is 29.3 Å². The summed E-state index contributed by atoms with van der Waals surface area (Å²) >= 11 is 0. The van der Waals surface area contributed by atoms with E-state index >= 15 is 0 Å². The molecule has 26 heavy (non-hydrogen) atoms. The summed E-state index contributed by atoms with van der Waals surface area (Å²) in [5.74, 6) is 0.869. The molecule has 0 atom stereocenters. The lowest BCUT2D eigenvalue weighted by Gasteiger charge is -2.30. The molecule has 1 fully saturated rings. The summed E-state index contributed by atoms with van der Waals surface area (Å²) in [6.45, 7) is 6.10. The summed E-state index contributed by atoms with van der Waals surface area (Å²) in [4.78, 5) is 4.38. The highest BCUT2D eigenvalue weighted by Crippen LogP contribution is 2.40. The largest absolute Gasteiger partial charge is 0.382 e. The van der Waals surface area contributed by atoms with Crippen LogP contribution in [-0.4, -0.2) is 39.9 Å². The van der Waals surface area contributed by atoms with Gasteiger partial charge in [0.1, 0.15) is 0 Å². The van der Waals surface area contributed by atoms with Gasteiger partial charge in [0.25, 0.3) is 0 Å². The molecule has 0 aromatic heterocycles. The topological polar surface area (TPSA) is 54.9 Å². The van der Waals surface area contributed by atoms with Gasteiger partial charge >= 0.3 is 0 Å².